The van der Waals surface area contributed by atoms with Gasteiger partial charge >= 0.3 is 5.97 Å². The number of nitrogens with one attached hydrogen (secondary N) is 1. The zero-order chi connectivity index (χ0) is 15.0. The van der Waals surface area contributed by atoms with Crippen molar-refractivity contribution in [1.82, 2.24) is 5.32 Å². The first-order valence-electron chi connectivity index (χ1n) is 6.73. The number of methoxy groups -OCH3 is 1. The van der Waals surface area contributed by atoms with Crippen molar-refractivity contribution >= 4 is 29.3 Å². The Bertz CT molecular complexity index is 424. The summed E-state index contributed by atoms with van der Waals surface area (Å²) >= 11 is 7.62. The normalized spacial score (nSPS) is 13.8. The summed E-state index contributed by atoms with van der Waals surface area (Å²) in [5, 5.41) is 3.96. The van der Waals surface area contributed by atoms with Crippen molar-refractivity contribution in [3.8, 4) is 0 Å². The van der Waals surface area contributed by atoms with E-state index in [1.54, 1.807) is 11.8 Å². The second-order valence-electron chi connectivity index (χ2n) is 4.76. The molecule has 5 heteroatoms. The number of halogens is 1. The van der Waals surface area contributed by atoms with Crippen molar-refractivity contribution in [3.63, 3.8) is 0 Å². The molecular formula is C15H22ClNO2S. The van der Waals surface area contributed by atoms with E-state index in [9.17, 15) is 4.79 Å². The summed E-state index contributed by atoms with van der Waals surface area (Å²) in [7, 11) is 1.43. The molecule has 0 bridgehead atoms. The third kappa shape index (κ3) is 5.35. The lowest BCUT2D eigenvalue weighted by Gasteiger charge is -2.27. The van der Waals surface area contributed by atoms with Gasteiger partial charge in [0.2, 0.25) is 0 Å². The van der Waals surface area contributed by atoms with Crippen LogP contribution in [0.3, 0.4) is 0 Å². The fourth-order valence-corrected chi connectivity index (χ4v) is 3.00. The molecule has 0 aliphatic heterocycles. The number of ether oxygens (including phenoxy) is 1. The van der Waals surface area contributed by atoms with Crippen LogP contribution in [0.2, 0.25) is 5.02 Å². The molecule has 0 spiro atoms. The van der Waals surface area contributed by atoms with Gasteiger partial charge in [-0.25, -0.2) is 0 Å². The van der Waals surface area contributed by atoms with E-state index in [1.807, 2.05) is 38.1 Å². The lowest BCUT2D eigenvalue weighted by atomic mass is 9.96. The van der Waals surface area contributed by atoms with Crippen LogP contribution >= 0.6 is 23.4 Å². The quantitative estimate of drug-likeness (QED) is 0.450. The number of benzene rings is 1. The maximum Gasteiger partial charge on any atom is 0.325 e. The largest absolute Gasteiger partial charge is 0.468 e. The molecule has 0 fully saturated rings. The first-order chi connectivity index (χ1) is 9.51. The van der Waals surface area contributed by atoms with Gasteiger partial charge in [0.05, 0.1) is 7.11 Å². The Morgan fingerprint density at radius 1 is 1.40 bits per heavy atom. The van der Waals surface area contributed by atoms with Gasteiger partial charge in [-0.15, -0.1) is 11.8 Å². The molecule has 0 aromatic heterocycles. The Morgan fingerprint density at radius 2 is 2.05 bits per heavy atom. The van der Waals surface area contributed by atoms with Crippen LogP contribution in [0, 0.1) is 0 Å². The van der Waals surface area contributed by atoms with Crippen molar-refractivity contribution in [2.75, 3.05) is 19.4 Å². The molecule has 0 radical (unpaired) electrons. The Morgan fingerprint density at radius 3 is 2.60 bits per heavy atom. The van der Waals surface area contributed by atoms with E-state index < -0.39 is 5.54 Å². The zero-order valence-electron chi connectivity index (χ0n) is 12.2. The fraction of sp³-hybridized carbons (Fsp3) is 0.533. The van der Waals surface area contributed by atoms with Gasteiger partial charge in [-0.2, -0.15) is 0 Å². The maximum absolute atomic E-state index is 11.8. The minimum Gasteiger partial charge on any atom is -0.468 e. The standard InChI is InChI=1S/C15H22ClNO2S/c1-4-17-15(2,14(18)19-3)10-5-11-20-13-8-6-12(16)7-9-13/h6-9,17H,4-5,10-11H2,1-3H3. The number of carbonyl (C=O) groups excluding carboxylic acids is 1. The van der Waals surface area contributed by atoms with Gasteiger partial charge in [0.25, 0.3) is 0 Å². The van der Waals surface area contributed by atoms with Crippen molar-refractivity contribution < 1.29 is 9.53 Å². The van der Waals surface area contributed by atoms with Crippen molar-refractivity contribution in [3.05, 3.63) is 29.3 Å². The number of esters is 1. The van der Waals surface area contributed by atoms with Crippen LogP contribution in [-0.2, 0) is 9.53 Å². The van der Waals surface area contributed by atoms with E-state index in [4.69, 9.17) is 16.3 Å². The Hall–Kier alpha value is -0.710. The van der Waals surface area contributed by atoms with Gasteiger partial charge in [0.15, 0.2) is 0 Å². The molecule has 1 atom stereocenters. The molecule has 0 aliphatic carbocycles. The molecule has 1 aromatic carbocycles. The Balaban J connectivity index is 2.41. The molecule has 0 heterocycles. The summed E-state index contributed by atoms with van der Waals surface area (Å²) in [4.78, 5) is 13.0. The predicted molar refractivity (Wildman–Crippen MR) is 85.5 cm³/mol. The van der Waals surface area contributed by atoms with Crippen LogP contribution in [0.15, 0.2) is 29.2 Å². The van der Waals surface area contributed by atoms with Crippen LogP contribution in [0.5, 0.6) is 0 Å². The second kappa shape index (κ2) is 8.55. The number of hydrogen-bond donors (Lipinski definition) is 1. The molecular weight excluding hydrogens is 294 g/mol. The summed E-state index contributed by atoms with van der Waals surface area (Å²) in [5.41, 5.74) is -0.593. The number of carbonyl (C=O) groups is 1. The minimum absolute atomic E-state index is 0.198. The van der Waals surface area contributed by atoms with Crippen LogP contribution in [0.1, 0.15) is 26.7 Å². The van der Waals surface area contributed by atoms with Gasteiger partial charge in [0.1, 0.15) is 5.54 Å². The topological polar surface area (TPSA) is 38.3 Å². The number of hydrogen-bond acceptors (Lipinski definition) is 4. The first-order valence-corrected chi connectivity index (χ1v) is 8.10. The van der Waals surface area contributed by atoms with Crippen LogP contribution in [0.4, 0.5) is 0 Å². The molecule has 1 N–H and O–H groups in total. The summed E-state index contributed by atoms with van der Waals surface area (Å²) in [6.07, 6.45) is 1.69. The Labute approximate surface area is 130 Å². The monoisotopic (exact) mass is 315 g/mol. The summed E-state index contributed by atoms with van der Waals surface area (Å²) in [6, 6.07) is 7.80. The average Bonchev–Trinajstić information content (AvgIpc) is 2.45. The third-order valence-corrected chi connectivity index (χ3v) is 4.46. The zero-order valence-corrected chi connectivity index (χ0v) is 13.8. The average molecular weight is 316 g/mol. The highest BCUT2D eigenvalue weighted by Crippen LogP contribution is 2.23. The molecule has 20 heavy (non-hydrogen) atoms. The van der Waals surface area contributed by atoms with Crippen LogP contribution in [0.25, 0.3) is 0 Å². The van der Waals surface area contributed by atoms with Crippen molar-refractivity contribution in [1.29, 1.82) is 0 Å². The van der Waals surface area contributed by atoms with Gasteiger partial charge in [-0.05, 0) is 56.3 Å². The minimum atomic E-state index is -0.593. The van der Waals surface area contributed by atoms with Crippen LogP contribution in [-0.4, -0.2) is 30.9 Å². The molecule has 3 nitrogen and oxygen atoms in total. The number of rotatable bonds is 8. The van der Waals surface area contributed by atoms with Gasteiger partial charge < -0.3 is 10.1 Å². The SMILES string of the molecule is CCNC(C)(CCCSc1ccc(Cl)cc1)C(=O)OC. The van der Waals surface area contributed by atoms with E-state index >= 15 is 0 Å². The van der Waals surface area contributed by atoms with Crippen molar-refractivity contribution in [2.45, 2.75) is 37.1 Å². The second-order valence-corrected chi connectivity index (χ2v) is 6.36. The van der Waals surface area contributed by atoms with Gasteiger partial charge in [0, 0.05) is 9.92 Å². The van der Waals surface area contributed by atoms with Gasteiger partial charge in [-0.3, -0.25) is 4.79 Å². The van der Waals surface area contributed by atoms with E-state index in [-0.39, 0.29) is 5.97 Å². The third-order valence-electron chi connectivity index (χ3n) is 3.11. The maximum atomic E-state index is 11.8. The highest BCUT2D eigenvalue weighted by molar-refractivity contribution is 7.99. The van der Waals surface area contributed by atoms with E-state index in [0.29, 0.717) is 0 Å². The highest BCUT2D eigenvalue weighted by Gasteiger charge is 2.32. The van der Waals surface area contributed by atoms with E-state index in [0.717, 1.165) is 30.2 Å². The smallest absolute Gasteiger partial charge is 0.325 e. The summed E-state index contributed by atoms with van der Waals surface area (Å²) < 4.78 is 4.87. The molecule has 0 aliphatic rings. The van der Waals surface area contributed by atoms with Crippen LogP contribution < -0.4 is 5.32 Å². The lowest BCUT2D eigenvalue weighted by Crippen LogP contribution is -2.50. The predicted octanol–water partition coefficient (Wildman–Crippen LogP) is 3.75. The first kappa shape index (κ1) is 17.3. The fourth-order valence-electron chi connectivity index (χ4n) is 2.02. The van der Waals surface area contributed by atoms with Crippen molar-refractivity contribution in [2.24, 2.45) is 0 Å². The lowest BCUT2D eigenvalue weighted by molar-refractivity contribution is -0.148. The molecule has 1 rings (SSSR count). The summed E-state index contributed by atoms with van der Waals surface area (Å²) in [5.74, 6) is 0.760. The highest BCUT2D eigenvalue weighted by atomic mass is 35.5. The van der Waals surface area contributed by atoms with E-state index in [1.165, 1.54) is 12.0 Å². The molecule has 112 valence electrons. The molecule has 1 unspecified atom stereocenters. The molecule has 0 amide bonds. The Kier molecular flexibility index (Phi) is 7.41. The number of likely N-dealkylation sites (N-methyl/N-ethyl adjacent to an activating group) is 1. The molecule has 1 aromatic rings. The van der Waals surface area contributed by atoms with Gasteiger partial charge in [-0.1, -0.05) is 18.5 Å². The molecule has 0 saturated carbocycles. The summed E-state index contributed by atoms with van der Waals surface area (Å²) in [6.45, 7) is 4.63. The molecule has 0 saturated heterocycles. The number of thioether (sulfide) groups is 1. The van der Waals surface area contributed by atoms with E-state index in [2.05, 4.69) is 5.32 Å².